The molecule has 1 heterocycles. The maximum absolute atomic E-state index is 14.1. The Morgan fingerprint density at radius 2 is 1.69 bits per heavy atom. The summed E-state index contributed by atoms with van der Waals surface area (Å²) < 4.78 is 28.8. The number of rotatable bonds is 16. The van der Waals surface area contributed by atoms with Crippen LogP contribution in [0.2, 0.25) is 5.02 Å². The van der Waals surface area contributed by atoms with Crippen LogP contribution in [0.3, 0.4) is 0 Å². The average molecular weight is 743 g/mol. The number of carbonyl (C=O) groups is 3. The van der Waals surface area contributed by atoms with Crippen molar-refractivity contribution in [2.75, 3.05) is 25.4 Å². The molecule has 4 amide bonds. The monoisotopic (exact) mass is 742 g/mol. The molecule has 51 heavy (non-hydrogen) atoms. The normalized spacial score (nSPS) is 15.5. The van der Waals surface area contributed by atoms with Crippen LogP contribution in [0.4, 0.5) is 16.2 Å². The van der Waals surface area contributed by atoms with Gasteiger partial charge in [-0.15, -0.1) is 0 Å². The third-order valence-corrected chi connectivity index (χ3v) is 10.7. The van der Waals surface area contributed by atoms with E-state index < -0.39 is 70.0 Å². The summed E-state index contributed by atoms with van der Waals surface area (Å²) in [5.74, 6) is -1.93. The highest BCUT2D eigenvalue weighted by Gasteiger charge is 2.45. The van der Waals surface area contributed by atoms with Gasteiger partial charge in [-0.25, -0.2) is 13.2 Å². The fourth-order valence-electron chi connectivity index (χ4n) is 6.00. The molecule has 274 valence electrons. The van der Waals surface area contributed by atoms with Gasteiger partial charge in [0.1, 0.15) is 12.6 Å². The van der Waals surface area contributed by atoms with E-state index in [4.69, 9.17) is 17.3 Å². The van der Waals surface area contributed by atoms with Gasteiger partial charge >= 0.3 is 6.03 Å². The summed E-state index contributed by atoms with van der Waals surface area (Å²) in [6.07, 6.45) is -1.32. The van der Waals surface area contributed by atoms with Crippen LogP contribution in [0, 0.1) is 22.0 Å². The van der Waals surface area contributed by atoms with Gasteiger partial charge < -0.3 is 21.1 Å². The maximum Gasteiger partial charge on any atom is 0.328 e. The fourth-order valence-corrected chi connectivity index (χ4v) is 7.77. The smallest absolute Gasteiger partial charge is 0.328 e. The van der Waals surface area contributed by atoms with Crippen molar-refractivity contribution < 1.29 is 32.8 Å². The topological polar surface area (TPSA) is 196 Å². The third kappa shape index (κ3) is 9.41. The molecule has 0 spiro atoms. The number of para-hydroxylation sites is 1. The highest BCUT2D eigenvalue weighted by molar-refractivity contribution is 7.89. The van der Waals surface area contributed by atoms with E-state index in [-0.39, 0.29) is 52.3 Å². The van der Waals surface area contributed by atoms with Crippen LogP contribution in [0.15, 0.2) is 77.7 Å². The molecule has 4 N–H and O–H groups in total. The molecule has 3 atom stereocenters. The van der Waals surface area contributed by atoms with Gasteiger partial charge in [-0.3, -0.25) is 24.6 Å². The molecule has 1 fully saturated rings. The van der Waals surface area contributed by atoms with Crippen molar-refractivity contribution in [3.8, 4) is 0 Å². The summed E-state index contributed by atoms with van der Waals surface area (Å²) in [6.45, 7) is 5.91. The lowest BCUT2D eigenvalue weighted by Crippen LogP contribution is -2.57. The number of halogens is 1. The van der Waals surface area contributed by atoms with Gasteiger partial charge in [0.15, 0.2) is 0 Å². The molecule has 0 saturated carbocycles. The van der Waals surface area contributed by atoms with Crippen molar-refractivity contribution in [3.63, 3.8) is 0 Å². The van der Waals surface area contributed by atoms with E-state index >= 15 is 0 Å². The van der Waals surface area contributed by atoms with Crippen LogP contribution < -0.4 is 11.1 Å². The summed E-state index contributed by atoms with van der Waals surface area (Å²) in [4.78, 5) is 53.7. The second kappa shape index (κ2) is 16.6. The van der Waals surface area contributed by atoms with E-state index in [0.29, 0.717) is 0 Å². The van der Waals surface area contributed by atoms with Gasteiger partial charge in [-0.05, 0) is 42.0 Å². The number of benzene rings is 3. The summed E-state index contributed by atoms with van der Waals surface area (Å²) >= 11 is 6.04. The van der Waals surface area contributed by atoms with Crippen molar-refractivity contribution in [2.24, 2.45) is 11.8 Å². The number of nitrogens with zero attached hydrogens (tertiary/aromatic N) is 4. The number of imide groups is 1. The Labute approximate surface area is 302 Å². The molecule has 3 aromatic carbocycles. The van der Waals surface area contributed by atoms with Crippen LogP contribution >= 0.6 is 11.6 Å². The van der Waals surface area contributed by atoms with E-state index in [0.717, 1.165) is 19.7 Å². The molecule has 0 aromatic heterocycles. The quantitative estimate of drug-likeness (QED) is 0.0839. The first-order chi connectivity index (χ1) is 24.0. The standard InChI is InChI=1S/C35H43ClN6O8S/c1-22(2)18-39(51(49,50)26-14-15-27(36)28(37)17-26)20-31(43)29(16-24-10-6-5-7-11-24)38-34(45)33(23(3)4)41-21-32(44)40(35(41)46)19-25-12-8-9-13-30(25)42(47)48/h5-15,17,22-23,29,31,33,43H,16,18-21,37H2,1-4H3,(H,38,45)/t29-,31+,33?/m0/s1. The number of urea groups is 1. The number of nitrogen functional groups attached to an aromatic ring is 1. The van der Waals surface area contributed by atoms with Crippen LogP contribution in [0.5, 0.6) is 0 Å². The minimum atomic E-state index is -4.18. The largest absolute Gasteiger partial charge is 0.397 e. The summed E-state index contributed by atoms with van der Waals surface area (Å²) in [5, 5.41) is 26.3. The number of nitrogens with one attached hydrogen (secondary N) is 1. The number of aliphatic hydroxyl groups excluding tert-OH is 1. The number of sulfonamides is 1. The van der Waals surface area contributed by atoms with E-state index in [2.05, 4.69) is 5.32 Å². The summed E-state index contributed by atoms with van der Waals surface area (Å²) in [6, 6.07) is 15.7. The van der Waals surface area contributed by atoms with Crippen molar-refractivity contribution in [3.05, 3.63) is 99.1 Å². The molecule has 0 bridgehead atoms. The maximum atomic E-state index is 14.1. The Kier molecular flexibility index (Phi) is 12.8. The molecule has 16 heteroatoms. The SMILES string of the molecule is CC(C)CN(C[C@@H](O)[C@H](Cc1ccccc1)NC(=O)C(C(C)C)N1CC(=O)N(Cc2ccccc2[N+](=O)[O-])C1=O)S(=O)(=O)c1ccc(Cl)c(N)c1. The molecule has 1 unspecified atom stereocenters. The van der Waals surface area contributed by atoms with Gasteiger partial charge in [-0.2, -0.15) is 4.31 Å². The highest BCUT2D eigenvalue weighted by atomic mass is 35.5. The lowest BCUT2D eigenvalue weighted by Gasteiger charge is -2.34. The van der Waals surface area contributed by atoms with Crippen LogP contribution in [-0.2, 0) is 32.6 Å². The van der Waals surface area contributed by atoms with Crippen LogP contribution in [0.25, 0.3) is 0 Å². The zero-order valence-corrected chi connectivity index (χ0v) is 30.4. The van der Waals surface area contributed by atoms with Gasteiger partial charge in [-0.1, -0.05) is 87.8 Å². The molecule has 1 aliphatic rings. The molecule has 1 saturated heterocycles. The van der Waals surface area contributed by atoms with E-state index in [9.17, 15) is 38.0 Å². The lowest BCUT2D eigenvalue weighted by molar-refractivity contribution is -0.385. The van der Waals surface area contributed by atoms with Gasteiger partial charge in [0.05, 0.1) is 39.2 Å². The minimum absolute atomic E-state index is 0.0440. The van der Waals surface area contributed by atoms with E-state index in [1.165, 1.54) is 36.4 Å². The van der Waals surface area contributed by atoms with E-state index in [1.807, 2.05) is 19.9 Å². The molecule has 3 aromatic rings. The molecule has 0 aliphatic carbocycles. The molecular formula is C35H43ClN6O8S. The molecular weight excluding hydrogens is 700 g/mol. The summed E-state index contributed by atoms with van der Waals surface area (Å²) in [7, 11) is -4.18. The second-order valence-corrected chi connectivity index (χ2v) is 15.6. The number of anilines is 1. The van der Waals surface area contributed by atoms with Crippen LogP contribution in [-0.4, -0.2) is 88.2 Å². The number of nitrogens with two attached hydrogens (primary N) is 1. The first-order valence-corrected chi connectivity index (χ1v) is 18.2. The molecule has 0 radical (unpaired) electrons. The van der Waals surface area contributed by atoms with Gasteiger partial charge in [0.2, 0.25) is 15.9 Å². The zero-order chi connectivity index (χ0) is 37.6. The van der Waals surface area contributed by atoms with Crippen molar-refractivity contribution >= 4 is 50.8 Å². The fraction of sp³-hybridized carbons (Fsp3) is 0.400. The van der Waals surface area contributed by atoms with Crippen LogP contribution in [0.1, 0.15) is 38.8 Å². The van der Waals surface area contributed by atoms with E-state index in [1.54, 1.807) is 44.2 Å². The second-order valence-electron chi connectivity index (χ2n) is 13.2. The van der Waals surface area contributed by atoms with Crippen molar-refractivity contribution in [2.45, 2.75) is 63.7 Å². The number of hydrogen-bond donors (Lipinski definition) is 3. The van der Waals surface area contributed by atoms with Crippen molar-refractivity contribution in [1.82, 2.24) is 19.4 Å². The number of hydrogen-bond acceptors (Lipinski definition) is 9. The van der Waals surface area contributed by atoms with Gasteiger partial charge in [0, 0.05) is 24.7 Å². The Morgan fingerprint density at radius 1 is 1.04 bits per heavy atom. The highest BCUT2D eigenvalue weighted by Crippen LogP contribution is 2.27. The Morgan fingerprint density at radius 3 is 2.29 bits per heavy atom. The Hall–Kier alpha value is -4.57. The predicted molar refractivity (Wildman–Crippen MR) is 192 cm³/mol. The Balaban J connectivity index is 1.61. The number of nitro benzene ring substituents is 1. The first-order valence-electron chi connectivity index (χ1n) is 16.4. The molecule has 14 nitrogen and oxygen atoms in total. The Bertz CT molecular complexity index is 1860. The van der Waals surface area contributed by atoms with Crippen molar-refractivity contribution in [1.29, 1.82) is 0 Å². The number of carbonyl (C=O) groups excluding carboxylic acids is 3. The number of amides is 4. The van der Waals surface area contributed by atoms with Gasteiger partial charge in [0.25, 0.3) is 11.6 Å². The minimum Gasteiger partial charge on any atom is -0.397 e. The molecule has 4 rings (SSSR count). The first kappa shape index (κ1) is 39.2. The predicted octanol–water partition coefficient (Wildman–Crippen LogP) is 4.05. The third-order valence-electron chi connectivity index (χ3n) is 8.49. The zero-order valence-electron chi connectivity index (χ0n) is 28.8. The summed E-state index contributed by atoms with van der Waals surface area (Å²) in [5.41, 5.74) is 6.64. The molecule has 1 aliphatic heterocycles. The number of aliphatic hydroxyl groups is 1. The lowest BCUT2D eigenvalue weighted by atomic mass is 9.97. The average Bonchev–Trinajstić information content (AvgIpc) is 3.33. The number of nitro groups is 1.